The fourth-order valence-corrected chi connectivity index (χ4v) is 4.06. The quantitative estimate of drug-likeness (QED) is 0.146. The Balaban J connectivity index is 1.74. The van der Waals surface area contributed by atoms with Crippen molar-refractivity contribution >= 4 is 12.0 Å². The number of anilines is 1. The molecule has 0 bridgehead atoms. The third-order valence-electron chi connectivity index (χ3n) is 6.49. The van der Waals surface area contributed by atoms with Gasteiger partial charge < -0.3 is 19.8 Å². The lowest BCUT2D eigenvalue weighted by Crippen LogP contribution is -2.32. The number of hydrogen-bond acceptors (Lipinski definition) is 9. The highest BCUT2D eigenvalue weighted by atomic mass is 19.4. The number of carbonyl (C=O) groups excluding carboxylic acids is 1. The second-order valence-electron chi connectivity index (χ2n) is 10.4. The van der Waals surface area contributed by atoms with E-state index in [0.717, 1.165) is 11.0 Å². The molecule has 0 saturated carbocycles. The van der Waals surface area contributed by atoms with Gasteiger partial charge in [0.1, 0.15) is 17.5 Å². The Labute approximate surface area is 244 Å². The monoisotopic (exact) mass is 624 g/mol. The summed E-state index contributed by atoms with van der Waals surface area (Å²) in [6.07, 6.45) is -4.59. The van der Waals surface area contributed by atoms with Crippen molar-refractivity contribution in [2.75, 3.05) is 11.9 Å². The van der Waals surface area contributed by atoms with E-state index in [1.165, 1.54) is 33.0 Å². The molecule has 232 valence electrons. The van der Waals surface area contributed by atoms with Gasteiger partial charge in [-0.15, -0.1) is 10.2 Å². The molecule has 3 heterocycles. The molecule has 1 aromatic carbocycles. The lowest BCUT2D eigenvalue weighted by molar-refractivity contribution is -0.137. The van der Waals surface area contributed by atoms with E-state index in [4.69, 9.17) is 10.2 Å². The van der Waals surface area contributed by atoms with Gasteiger partial charge in [-0.2, -0.15) is 32.9 Å². The van der Waals surface area contributed by atoms with Crippen molar-refractivity contribution in [3.8, 4) is 23.3 Å². The van der Waals surface area contributed by atoms with Crippen LogP contribution in [0.5, 0.6) is 0 Å². The molecule has 44 heavy (non-hydrogen) atoms. The van der Waals surface area contributed by atoms with Crippen LogP contribution >= 0.6 is 0 Å². The van der Waals surface area contributed by atoms with E-state index in [9.17, 15) is 23.2 Å². The summed E-state index contributed by atoms with van der Waals surface area (Å²) in [5, 5.41) is 20.4. The van der Waals surface area contributed by atoms with E-state index >= 15 is 17.6 Å². The average molecular weight is 625 g/mol. The van der Waals surface area contributed by atoms with E-state index < -0.39 is 70.9 Å². The number of nitriles is 1. The number of hydrogen-bond donors (Lipinski definition) is 1. The molecule has 0 amide bonds. The first kappa shape index (κ1) is 32.1. The summed E-state index contributed by atoms with van der Waals surface area (Å²) >= 11 is 0. The molecule has 2 N–H and O–H groups in total. The van der Waals surface area contributed by atoms with E-state index in [-0.39, 0.29) is 29.2 Å². The number of aldehydes is 1. The van der Waals surface area contributed by atoms with E-state index in [1.807, 2.05) is 6.07 Å². The van der Waals surface area contributed by atoms with Crippen LogP contribution in [0, 0.1) is 23.1 Å². The second kappa shape index (κ2) is 11.7. The highest BCUT2D eigenvalue weighted by molar-refractivity contribution is 5.68. The van der Waals surface area contributed by atoms with Crippen molar-refractivity contribution in [1.29, 1.82) is 5.26 Å². The van der Waals surface area contributed by atoms with Gasteiger partial charge in [0, 0.05) is 43.0 Å². The van der Waals surface area contributed by atoms with E-state index in [2.05, 4.69) is 20.3 Å². The molecule has 1 atom stereocenters. The molecule has 4 aromatic rings. The Bertz CT molecular complexity index is 1730. The van der Waals surface area contributed by atoms with Crippen molar-refractivity contribution in [2.24, 2.45) is 5.73 Å². The number of alkyl halides is 5. The molecule has 1 unspecified atom stereocenters. The van der Waals surface area contributed by atoms with Crippen molar-refractivity contribution in [1.82, 2.24) is 25.0 Å². The Morgan fingerprint density at radius 1 is 1.16 bits per heavy atom. The molecule has 0 aliphatic rings. The Hall–Kier alpha value is -4.85. The number of aromatic nitrogens is 5. The predicted octanol–water partition coefficient (Wildman–Crippen LogP) is 5.06. The average Bonchev–Trinajstić information content (AvgIpc) is 3.65. The largest absolute Gasteiger partial charge is 0.419 e. The topological polar surface area (TPSA) is 140 Å². The van der Waals surface area contributed by atoms with Crippen LogP contribution in [0.3, 0.4) is 0 Å². The third kappa shape index (κ3) is 6.54. The fourth-order valence-electron chi connectivity index (χ4n) is 4.06. The lowest BCUT2D eigenvalue weighted by Gasteiger charge is -2.28. The van der Waals surface area contributed by atoms with E-state index in [1.54, 1.807) is 0 Å². The van der Waals surface area contributed by atoms with Crippen LogP contribution in [0.4, 0.5) is 36.4 Å². The van der Waals surface area contributed by atoms with Crippen LogP contribution in [-0.2, 0) is 28.9 Å². The third-order valence-corrected chi connectivity index (χ3v) is 6.49. The minimum atomic E-state index is -4.68. The highest BCUT2D eigenvalue weighted by Crippen LogP contribution is 2.42. The van der Waals surface area contributed by atoms with Crippen molar-refractivity contribution in [2.45, 2.75) is 50.4 Å². The Morgan fingerprint density at radius 3 is 2.45 bits per heavy atom. The summed E-state index contributed by atoms with van der Waals surface area (Å²) in [5.41, 5.74) is 1.29. The fraction of sp³-hybridized carbons (Fsp3) is 0.333. The van der Waals surface area contributed by atoms with Crippen LogP contribution < -0.4 is 10.6 Å². The molecular formula is C27H23F7N8O2. The standard InChI is InChI=1S/C27H23F7N8O2/c1-25(2,13-35)24-40-39-23(44-24)17-6-20(18(7-19(17)28)26(30,31)8-16(36)12-43)41(3)10-14-4-5-21(38-22(14)29)42-11-15(9-37-42)27(32,33)34/h4-7,9,11-12,16H,8,10,36H2,1-3H3. The van der Waals surface area contributed by atoms with Crippen molar-refractivity contribution in [3.63, 3.8) is 0 Å². The number of nitrogens with two attached hydrogens (primary N) is 1. The molecule has 0 radical (unpaired) electrons. The van der Waals surface area contributed by atoms with Crippen LogP contribution in [0.1, 0.15) is 42.8 Å². The van der Waals surface area contributed by atoms with Gasteiger partial charge in [0.2, 0.25) is 11.8 Å². The Morgan fingerprint density at radius 2 is 1.86 bits per heavy atom. The normalized spacial score (nSPS) is 13.0. The first-order chi connectivity index (χ1) is 20.5. The summed E-state index contributed by atoms with van der Waals surface area (Å²) in [6.45, 7) is 2.50. The van der Waals surface area contributed by atoms with Crippen LogP contribution in [0.15, 0.2) is 41.1 Å². The number of nitrogens with zero attached hydrogens (tertiary/aromatic N) is 7. The van der Waals surface area contributed by atoms with Crippen LogP contribution in [0.25, 0.3) is 17.3 Å². The Kier molecular flexibility index (Phi) is 8.51. The zero-order valence-electron chi connectivity index (χ0n) is 23.2. The van der Waals surface area contributed by atoms with Crippen molar-refractivity contribution < 1.29 is 39.9 Å². The molecule has 10 nitrogen and oxygen atoms in total. The number of rotatable bonds is 10. The summed E-state index contributed by atoms with van der Waals surface area (Å²) in [5.74, 6) is -7.05. The van der Waals surface area contributed by atoms with Crippen molar-refractivity contribution in [3.05, 3.63) is 71.0 Å². The maximum atomic E-state index is 15.4. The first-order valence-electron chi connectivity index (χ1n) is 12.6. The summed E-state index contributed by atoms with van der Waals surface area (Å²) < 4.78 is 106. The molecule has 0 aliphatic carbocycles. The second-order valence-corrected chi connectivity index (χ2v) is 10.4. The minimum absolute atomic E-state index is 0.110. The number of carbonyl (C=O) groups is 1. The van der Waals surface area contributed by atoms with Gasteiger partial charge in [-0.25, -0.2) is 17.9 Å². The van der Waals surface area contributed by atoms with Gasteiger partial charge >= 0.3 is 6.18 Å². The predicted molar refractivity (Wildman–Crippen MR) is 139 cm³/mol. The van der Waals surface area contributed by atoms with Gasteiger partial charge in [-0.05, 0) is 38.1 Å². The molecule has 0 spiro atoms. The van der Waals surface area contributed by atoms with E-state index in [0.29, 0.717) is 23.1 Å². The SMILES string of the molecule is CN(Cc1ccc(-n2cc(C(F)(F)F)cn2)nc1F)c1cc(-c2nnc(C(C)(C)C#N)o2)c(F)cc1C(F)(F)CC(N)C=O. The molecule has 17 heteroatoms. The van der Waals surface area contributed by atoms with Crippen LogP contribution in [-0.4, -0.2) is 44.3 Å². The molecule has 0 fully saturated rings. The van der Waals surface area contributed by atoms with Gasteiger partial charge in [0.15, 0.2) is 5.82 Å². The maximum absolute atomic E-state index is 15.4. The highest BCUT2D eigenvalue weighted by Gasteiger charge is 2.39. The smallest absolute Gasteiger partial charge is 0.419 e. The molecule has 0 aliphatic heterocycles. The first-order valence-corrected chi connectivity index (χ1v) is 12.6. The number of benzene rings is 1. The summed E-state index contributed by atoms with van der Waals surface area (Å²) in [7, 11) is 1.28. The number of pyridine rings is 1. The summed E-state index contributed by atoms with van der Waals surface area (Å²) in [6, 6.07) is 4.16. The number of halogens is 7. The molecule has 0 saturated heterocycles. The van der Waals surface area contributed by atoms with Gasteiger partial charge in [0.05, 0.1) is 29.4 Å². The van der Waals surface area contributed by atoms with Crippen LogP contribution in [0.2, 0.25) is 0 Å². The molecule has 4 rings (SSSR count). The van der Waals surface area contributed by atoms with Gasteiger partial charge in [0.25, 0.3) is 11.8 Å². The zero-order valence-corrected chi connectivity index (χ0v) is 23.2. The maximum Gasteiger partial charge on any atom is 0.419 e. The summed E-state index contributed by atoms with van der Waals surface area (Å²) in [4.78, 5) is 15.8. The molecule has 3 aromatic heterocycles. The lowest BCUT2D eigenvalue weighted by atomic mass is 9.96. The zero-order chi connectivity index (χ0) is 32.6. The molecular weight excluding hydrogens is 601 g/mol. The minimum Gasteiger partial charge on any atom is -0.419 e. The van der Waals surface area contributed by atoms with Gasteiger partial charge in [-0.1, -0.05) is 0 Å². The van der Waals surface area contributed by atoms with Gasteiger partial charge in [-0.3, -0.25) is 0 Å².